The van der Waals surface area contributed by atoms with Gasteiger partial charge in [-0.15, -0.1) is 0 Å². The molecular formula is C15H17NO3. The van der Waals surface area contributed by atoms with Gasteiger partial charge in [0.05, 0.1) is 0 Å². The number of carbonyl (C=O) groups excluding carboxylic acids is 1. The van der Waals surface area contributed by atoms with Gasteiger partial charge in [0.15, 0.2) is 0 Å². The van der Waals surface area contributed by atoms with Crippen molar-refractivity contribution in [1.82, 2.24) is 5.32 Å². The zero-order chi connectivity index (χ0) is 14.0. The van der Waals surface area contributed by atoms with Crippen LogP contribution >= 0.6 is 0 Å². The van der Waals surface area contributed by atoms with Crippen LogP contribution in [0.1, 0.15) is 37.6 Å². The minimum atomic E-state index is -0.608. The predicted octanol–water partition coefficient (Wildman–Crippen LogP) is 2.71. The third-order valence-corrected chi connectivity index (χ3v) is 3.22. The van der Waals surface area contributed by atoms with E-state index in [4.69, 9.17) is 4.42 Å². The normalized spacial score (nSPS) is 11.5. The van der Waals surface area contributed by atoms with E-state index in [9.17, 15) is 9.59 Å². The molecule has 0 bridgehead atoms. The molecule has 4 nitrogen and oxygen atoms in total. The van der Waals surface area contributed by atoms with Gasteiger partial charge in [0.2, 0.25) is 0 Å². The second-order valence-corrected chi connectivity index (χ2v) is 5.18. The summed E-state index contributed by atoms with van der Waals surface area (Å²) in [6.45, 7) is 5.80. The second kappa shape index (κ2) is 4.88. The molecule has 0 aliphatic heterocycles. The number of rotatable bonds is 3. The Kier molecular flexibility index (Phi) is 3.42. The van der Waals surface area contributed by atoms with E-state index in [0.717, 1.165) is 11.8 Å². The summed E-state index contributed by atoms with van der Waals surface area (Å²) in [5.41, 5.74) is -0.433. The standard InChI is InChI=1S/C15H17NO3/c1-4-15(2,3)16-13(17)11-9-10-7-5-6-8-12(10)19-14(11)18/h5-9H,4H2,1-3H3,(H,16,17). The fourth-order valence-electron chi connectivity index (χ4n) is 1.68. The molecule has 0 fully saturated rings. The van der Waals surface area contributed by atoms with Crippen LogP contribution in [0.2, 0.25) is 0 Å². The number of carbonyl (C=O) groups is 1. The summed E-state index contributed by atoms with van der Waals surface area (Å²) in [6, 6.07) is 8.70. The van der Waals surface area contributed by atoms with Crippen LogP contribution in [0.3, 0.4) is 0 Å². The lowest BCUT2D eigenvalue weighted by atomic mass is 10.0. The molecule has 0 aliphatic rings. The highest BCUT2D eigenvalue weighted by atomic mass is 16.4. The Bertz CT molecular complexity index is 670. The van der Waals surface area contributed by atoms with Crippen molar-refractivity contribution < 1.29 is 9.21 Å². The third-order valence-electron chi connectivity index (χ3n) is 3.22. The molecular weight excluding hydrogens is 242 g/mol. The first-order valence-electron chi connectivity index (χ1n) is 6.28. The average Bonchev–Trinajstić information content (AvgIpc) is 2.37. The largest absolute Gasteiger partial charge is 0.422 e. The molecule has 0 atom stereocenters. The zero-order valence-electron chi connectivity index (χ0n) is 11.3. The van der Waals surface area contributed by atoms with Crippen LogP contribution in [0.5, 0.6) is 0 Å². The highest BCUT2D eigenvalue weighted by Crippen LogP contribution is 2.14. The van der Waals surface area contributed by atoms with E-state index in [1.807, 2.05) is 26.8 Å². The molecule has 2 rings (SSSR count). The van der Waals surface area contributed by atoms with Gasteiger partial charge in [-0.3, -0.25) is 4.79 Å². The summed E-state index contributed by atoms with van der Waals surface area (Å²) < 4.78 is 5.15. The number of para-hydroxylation sites is 1. The maximum atomic E-state index is 12.1. The van der Waals surface area contributed by atoms with Gasteiger partial charge < -0.3 is 9.73 Å². The third kappa shape index (κ3) is 2.84. The number of fused-ring (bicyclic) bond motifs is 1. The highest BCUT2D eigenvalue weighted by Gasteiger charge is 2.21. The van der Waals surface area contributed by atoms with Crippen molar-refractivity contribution in [2.75, 3.05) is 0 Å². The van der Waals surface area contributed by atoms with Crippen LogP contribution < -0.4 is 10.9 Å². The Balaban J connectivity index is 2.42. The SMILES string of the molecule is CCC(C)(C)NC(=O)c1cc2ccccc2oc1=O. The van der Waals surface area contributed by atoms with Gasteiger partial charge >= 0.3 is 5.63 Å². The monoisotopic (exact) mass is 259 g/mol. The lowest BCUT2D eigenvalue weighted by Gasteiger charge is -2.24. The lowest BCUT2D eigenvalue weighted by Crippen LogP contribution is -2.44. The van der Waals surface area contributed by atoms with E-state index in [1.54, 1.807) is 24.3 Å². The number of amides is 1. The Labute approximate surface area is 111 Å². The van der Waals surface area contributed by atoms with Crippen LogP contribution in [0.4, 0.5) is 0 Å². The van der Waals surface area contributed by atoms with E-state index in [1.165, 1.54) is 0 Å². The molecule has 0 aliphatic carbocycles. The van der Waals surface area contributed by atoms with Crippen LogP contribution in [-0.2, 0) is 0 Å². The molecule has 100 valence electrons. The van der Waals surface area contributed by atoms with Crippen molar-refractivity contribution in [3.8, 4) is 0 Å². The Morgan fingerprint density at radius 2 is 2.00 bits per heavy atom. The fraction of sp³-hybridized carbons (Fsp3) is 0.333. The van der Waals surface area contributed by atoms with E-state index in [-0.39, 0.29) is 11.1 Å². The van der Waals surface area contributed by atoms with Crippen molar-refractivity contribution in [3.63, 3.8) is 0 Å². The first-order valence-corrected chi connectivity index (χ1v) is 6.28. The van der Waals surface area contributed by atoms with Gasteiger partial charge in [-0.05, 0) is 32.4 Å². The Morgan fingerprint density at radius 1 is 1.32 bits per heavy atom. The summed E-state index contributed by atoms with van der Waals surface area (Å²) in [5, 5.41) is 3.57. The smallest absolute Gasteiger partial charge is 0.349 e. The molecule has 0 saturated heterocycles. The molecule has 1 N–H and O–H groups in total. The van der Waals surface area contributed by atoms with Crippen LogP contribution in [0, 0.1) is 0 Å². The summed E-state index contributed by atoms with van der Waals surface area (Å²) in [5.74, 6) is -0.397. The van der Waals surface area contributed by atoms with E-state index >= 15 is 0 Å². The molecule has 4 heteroatoms. The van der Waals surface area contributed by atoms with Crippen molar-refractivity contribution in [2.24, 2.45) is 0 Å². The second-order valence-electron chi connectivity index (χ2n) is 5.18. The lowest BCUT2D eigenvalue weighted by molar-refractivity contribution is 0.0907. The van der Waals surface area contributed by atoms with Crippen molar-refractivity contribution >= 4 is 16.9 Å². The molecule has 1 heterocycles. The van der Waals surface area contributed by atoms with Gasteiger partial charge in [-0.2, -0.15) is 0 Å². The summed E-state index contributed by atoms with van der Waals surface area (Å²) in [7, 11) is 0. The fourth-order valence-corrected chi connectivity index (χ4v) is 1.68. The van der Waals surface area contributed by atoms with Gasteiger partial charge in [-0.25, -0.2) is 4.79 Å². The average molecular weight is 259 g/mol. The Hall–Kier alpha value is -2.10. The first-order chi connectivity index (χ1) is 8.93. The van der Waals surface area contributed by atoms with Crippen LogP contribution in [0.25, 0.3) is 11.0 Å². The van der Waals surface area contributed by atoms with Crippen molar-refractivity contribution in [3.05, 3.63) is 46.3 Å². The van der Waals surface area contributed by atoms with Gasteiger partial charge in [0.1, 0.15) is 11.1 Å². The van der Waals surface area contributed by atoms with Crippen LogP contribution in [-0.4, -0.2) is 11.4 Å². The number of nitrogens with one attached hydrogen (secondary N) is 1. The van der Waals surface area contributed by atoms with Crippen molar-refractivity contribution in [2.45, 2.75) is 32.7 Å². The highest BCUT2D eigenvalue weighted by molar-refractivity contribution is 5.96. The van der Waals surface area contributed by atoms with Gasteiger partial charge in [0, 0.05) is 10.9 Å². The molecule has 19 heavy (non-hydrogen) atoms. The molecule has 0 saturated carbocycles. The summed E-state index contributed by atoms with van der Waals surface area (Å²) in [4.78, 5) is 23.9. The summed E-state index contributed by atoms with van der Waals surface area (Å²) >= 11 is 0. The van der Waals surface area contributed by atoms with E-state index in [0.29, 0.717) is 5.58 Å². The summed E-state index contributed by atoms with van der Waals surface area (Å²) in [6.07, 6.45) is 0.775. The molecule has 0 unspecified atom stereocenters. The predicted molar refractivity (Wildman–Crippen MR) is 74.3 cm³/mol. The number of hydrogen-bond acceptors (Lipinski definition) is 3. The Morgan fingerprint density at radius 3 is 2.68 bits per heavy atom. The molecule has 1 aromatic heterocycles. The van der Waals surface area contributed by atoms with Gasteiger partial charge in [-0.1, -0.05) is 25.1 Å². The molecule has 2 aromatic rings. The van der Waals surface area contributed by atoms with E-state index in [2.05, 4.69) is 5.32 Å². The van der Waals surface area contributed by atoms with E-state index < -0.39 is 11.5 Å². The minimum absolute atomic E-state index is 0.0419. The number of benzene rings is 1. The van der Waals surface area contributed by atoms with Crippen LogP contribution in [0.15, 0.2) is 39.5 Å². The quantitative estimate of drug-likeness (QED) is 0.862. The topological polar surface area (TPSA) is 59.3 Å². The number of hydrogen-bond donors (Lipinski definition) is 1. The maximum Gasteiger partial charge on any atom is 0.349 e. The zero-order valence-corrected chi connectivity index (χ0v) is 11.3. The first kappa shape index (κ1) is 13.3. The van der Waals surface area contributed by atoms with Crippen molar-refractivity contribution in [1.29, 1.82) is 0 Å². The minimum Gasteiger partial charge on any atom is -0.422 e. The van der Waals surface area contributed by atoms with Gasteiger partial charge in [0.25, 0.3) is 5.91 Å². The molecule has 0 spiro atoms. The molecule has 1 amide bonds. The molecule has 0 radical (unpaired) electrons. The maximum absolute atomic E-state index is 12.1. The molecule has 1 aromatic carbocycles.